The Morgan fingerprint density at radius 2 is 1.73 bits per heavy atom. The quantitative estimate of drug-likeness (QED) is 0.733. The number of piperidine rings is 1. The lowest BCUT2D eigenvalue weighted by Gasteiger charge is -2.28. The summed E-state index contributed by atoms with van der Waals surface area (Å²) in [5.74, 6) is 0. The summed E-state index contributed by atoms with van der Waals surface area (Å²) in [5, 5.41) is 0.672. The molecule has 0 saturated carbocycles. The smallest absolute Gasteiger partial charge is 0.262 e. The van der Waals surface area contributed by atoms with Gasteiger partial charge in [0.15, 0.2) is 0 Å². The van der Waals surface area contributed by atoms with Gasteiger partial charge in [-0.2, -0.15) is 0 Å². The first-order valence-corrected chi connectivity index (χ1v) is 11.0. The van der Waals surface area contributed by atoms with Crippen LogP contribution in [0.2, 0.25) is 0 Å². The van der Waals surface area contributed by atoms with E-state index in [0.717, 1.165) is 18.7 Å². The molecule has 1 aliphatic heterocycles. The minimum Gasteiger partial charge on any atom is -0.306 e. The number of thioether (sulfide) groups is 1. The van der Waals surface area contributed by atoms with Crippen LogP contribution >= 0.6 is 11.8 Å². The van der Waals surface area contributed by atoms with Gasteiger partial charge < -0.3 is 4.90 Å². The van der Waals surface area contributed by atoms with Gasteiger partial charge in [0, 0.05) is 10.1 Å². The van der Waals surface area contributed by atoms with Gasteiger partial charge in [-0.3, -0.25) is 4.84 Å². The average molecular weight is 393 g/mol. The number of nitrogens with one attached hydrogen (secondary N) is 1. The zero-order valence-electron chi connectivity index (χ0n) is 14.8. The molecule has 0 amide bonds. The van der Waals surface area contributed by atoms with Gasteiger partial charge >= 0.3 is 0 Å². The van der Waals surface area contributed by atoms with Crippen LogP contribution in [0.25, 0.3) is 0 Å². The number of hydrogen-bond donors (Lipinski definition) is 1. The Kier molecular flexibility index (Phi) is 6.72. The van der Waals surface area contributed by atoms with Crippen molar-refractivity contribution >= 4 is 21.8 Å². The first-order valence-electron chi connectivity index (χ1n) is 8.66. The largest absolute Gasteiger partial charge is 0.306 e. The number of sulfonamides is 1. The minimum absolute atomic E-state index is 0.185. The molecule has 1 fully saturated rings. The second-order valence-corrected chi connectivity index (χ2v) is 9.47. The van der Waals surface area contributed by atoms with Gasteiger partial charge in [-0.25, -0.2) is 8.42 Å². The first kappa shape index (κ1) is 19.4. The summed E-state index contributed by atoms with van der Waals surface area (Å²) in [6, 6.07) is 16.3. The number of benzene rings is 2. The van der Waals surface area contributed by atoms with E-state index in [4.69, 9.17) is 4.84 Å². The maximum atomic E-state index is 12.1. The summed E-state index contributed by atoms with van der Waals surface area (Å²) in [7, 11) is -1.47. The lowest BCUT2D eigenvalue weighted by atomic mass is 10.1. The second-order valence-electron chi connectivity index (χ2n) is 6.45. The zero-order valence-corrected chi connectivity index (χ0v) is 16.4. The monoisotopic (exact) mass is 392 g/mol. The highest BCUT2D eigenvalue weighted by Crippen LogP contribution is 2.30. The topological polar surface area (TPSA) is 58.6 Å². The zero-order chi connectivity index (χ0) is 18.4. The Hall–Kier alpha value is -1.38. The van der Waals surface area contributed by atoms with E-state index in [1.165, 1.54) is 29.9 Å². The molecule has 0 aliphatic carbocycles. The Balaban J connectivity index is 1.47. The van der Waals surface area contributed by atoms with Crippen LogP contribution in [0.3, 0.4) is 0 Å². The third kappa shape index (κ3) is 5.56. The van der Waals surface area contributed by atoms with Crippen LogP contribution in [0.5, 0.6) is 0 Å². The lowest BCUT2D eigenvalue weighted by Crippen LogP contribution is -2.31. The molecule has 1 aliphatic rings. The molecule has 1 saturated heterocycles. The molecular formula is C19H24N2O3S2. The average Bonchev–Trinajstić information content (AvgIpc) is 2.66. The van der Waals surface area contributed by atoms with Gasteiger partial charge in [0.25, 0.3) is 10.0 Å². The molecule has 1 N–H and O–H groups in total. The van der Waals surface area contributed by atoms with Crippen LogP contribution in [0.15, 0.2) is 64.4 Å². The van der Waals surface area contributed by atoms with Crippen LogP contribution in [0.1, 0.15) is 18.4 Å². The van der Waals surface area contributed by atoms with Crippen LogP contribution in [0.4, 0.5) is 0 Å². The Morgan fingerprint density at radius 3 is 2.38 bits per heavy atom. The van der Waals surface area contributed by atoms with Crippen molar-refractivity contribution in [3.05, 3.63) is 60.2 Å². The summed E-state index contributed by atoms with van der Waals surface area (Å²) in [4.78, 5) is 11.2. The van der Waals surface area contributed by atoms with Crippen LogP contribution in [0, 0.1) is 0 Å². The molecule has 2 aromatic carbocycles. The third-order valence-electron chi connectivity index (χ3n) is 4.35. The molecular weight excluding hydrogens is 368 g/mol. The highest BCUT2D eigenvalue weighted by atomic mass is 32.2. The van der Waals surface area contributed by atoms with Gasteiger partial charge in [-0.05, 0) is 62.8 Å². The molecule has 0 unspecified atom stereocenters. The van der Waals surface area contributed by atoms with Gasteiger partial charge in [-0.1, -0.05) is 35.2 Å². The standard InChI is InChI=1S/C19H24N2O3S2/c1-21-13-11-18(12-14-21)25-17-9-7-16(8-10-17)15-24-20-26(22,23)19-5-3-2-4-6-19/h2-10,18,20H,11-15H2,1H3. The minimum atomic E-state index is -3.64. The highest BCUT2D eigenvalue weighted by Gasteiger charge is 2.17. The summed E-state index contributed by atoms with van der Waals surface area (Å²) in [6.45, 7) is 2.50. The number of nitrogens with zero attached hydrogens (tertiary/aromatic N) is 1. The number of rotatable bonds is 7. The summed E-state index contributed by atoms with van der Waals surface area (Å²) < 4.78 is 24.2. The first-order chi connectivity index (χ1) is 12.5. The van der Waals surface area contributed by atoms with E-state index in [0.29, 0.717) is 5.25 Å². The fraction of sp³-hybridized carbons (Fsp3) is 0.368. The molecule has 0 aromatic heterocycles. The van der Waals surface area contributed by atoms with Crippen molar-refractivity contribution in [1.29, 1.82) is 0 Å². The van der Waals surface area contributed by atoms with E-state index < -0.39 is 10.0 Å². The van der Waals surface area contributed by atoms with Crippen molar-refractivity contribution in [2.45, 2.75) is 34.5 Å². The molecule has 0 spiro atoms. The van der Waals surface area contributed by atoms with E-state index >= 15 is 0 Å². The fourth-order valence-electron chi connectivity index (χ4n) is 2.80. The van der Waals surface area contributed by atoms with Crippen LogP contribution in [-0.4, -0.2) is 38.7 Å². The summed E-state index contributed by atoms with van der Waals surface area (Å²) in [5.41, 5.74) is 0.925. The molecule has 1 heterocycles. The van der Waals surface area contributed by atoms with Crippen LogP contribution < -0.4 is 4.89 Å². The molecule has 5 nitrogen and oxygen atoms in total. The van der Waals surface area contributed by atoms with Gasteiger partial charge in [-0.15, -0.1) is 11.8 Å². The molecule has 140 valence electrons. The van der Waals surface area contributed by atoms with E-state index in [1.807, 2.05) is 23.9 Å². The molecule has 7 heteroatoms. The van der Waals surface area contributed by atoms with E-state index in [1.54, 1.807) is 18.2 Å². The Morgan fingerprint density at radius 1 is 1.08 bits per heavy atom. The van der Waals surface area contributed by atoms with Gasteiger partial charge in [0.05, 0.1) is 11.5 Å². The second kappa shape index (κ2) is 9.01. The Labute approximate surface area is 159 Å². The van der Waals surface area contributed by atoms with E-state index in [-0.39, 0.29) is 11.5 Å². The number of hydrogen-bond acceptors (Lipinski definition) is 5. The maximum absolute atomic E-state index is 12.1. The highest BCUT2D eigenvalue weighted by molar-refractivity contribution is 8.00. The SMILES string of the molecule is CN1CCC(Sc2ccc(CONS(=O)(=O)c3ccccc3)cc2)CC1. The van der Waals surface area contributed by atoms with Crippen molar-refractivity contribution < 1.29 is 13.3 Å². The normalized spacial score (nSPS) is 16.7. The van der Waals surface area contributed by atoms with Gasteiger partial charge in [0.1, 0.15) is 0 Å². The summed E-state index contributed by atoms with van der Waals surface area (Å²) in [6.07, 6.45) is 2.43. The third-order valence-corrected chi connectivity index (χ3v) is 6.93. The predicted octanol–water partition coefficient (Wildman–Crippen LogP) is 3.28. The van der Waals surface area contributed by atoms with E-state index in [2.05, 4.69) is 29.0 Å². The number of likely N-dealkylation sites (tertiary alicyclic amines) is 1. The molecule has 3 rings (SSSR count). The van der Waals surface area contributed by atoms with Gasteiger partial charge in [0.2, 0.25) is 0 Å². The molecule has 0 atom stereocenters. The van der Waals surface area contributed by atoms with Crippen molar-refractivity contribution in [2.75, 3.05) is 20.1 Å². The van der Waals surface area contributed by atoms with Crippen molar-refractivity contribution in [2.24, 2.45) is 0 Å². The molecule has 0 bridgehead atoms. The van der Waals surface area contributed by atoms with Crippen molar-refractivity contribution in [1.82, 2.24) is 9.79 Å². The maximum Gasteiger partial charge on any atom is 0.262 e. The van der Waals surface area contributed by atoms with Crippen molar-refractivity contribution in [3.63, 3.8) is 0 Å². The molecule has 2 aromatic rings. The Bertz CT molecular complexity index is 787. The predicted molar refractivity (Wildman–Crippen MR) is 104 cm³/mol. The van der Waals surface area contributed by atoms with Crippen molar-refractivity contribution in [3.8, 4) is 0 Å². The lowest BCUT2D eigenvalue weighted by molar-refractivity contribution is 0.0795. The van der Waals surface area contributed by atoms with Crippen LogP contribution in [-0.2, 0) is 21.5 Å². The molecule has 26 heavy (non-hydrogen) atoms. The molecule has 0 radical (unpaired) electrons. The fourth-order valence-corrected chi connectivity index (χ4v) is 4.75. The summed E-state index contributed by atoms with van der Waals surface area (Å²) >= 11 is 1.92. The van der Waals surface area contributed by atoms with E-state index in [9.17, 15) is 8.42 Å².